The van der Waals surface area contributed by atoms with E-state index in [1.54, 1.807) is 0 Å². The number of unbranched alkanes of at least 4 members (excludes halogenated alkanes) is 26. The molecule has 1 amide bonds. The van der Waals surface area contributed by atoms with Crippen molar-refractivity contribution in [2.24, 2.45) is 5.73 Å². The molecule has 0 rings (SSSR count). The number of carbonyl (C=O) groups excluding carboxylic acids is 1. The van der Waals surface area contributed by atoms with Crippen molar-refractivity contribution in [3.63, 3.8) is 0 Å². The number of rotatable bonds is 32. The van der Waals surface area contributed by atoms with Gasteiger partial charge in [0, 0.05) is 6.42 Å². The second kappa shape index (κ2) is 34.0. The average molecular weight is 532 g/mol. The number of hydrogen-bond donors (Lipinski definition) is 1. The van der Waals surface area contributed by atoms with E-state index < -0.39 is 0 Å². The molecule has 0 radical (unpaired) electrons. The number of amides is 1. The van der Waals surface area contributed by atoms with E-state index >= 15 is 0 Å². The van der Waals surface area contributed by atoms with Crippen LogP contribution >= 0.6 is 0 Å². The van der Waals surface area contributed by atoms with E-state index in [2.05, 4.69) is 31.2 Å². The van der Waals surface area contributed by atoms with Crippen LogP contribution in [0.25, 0.3) is 0 Å². The zero-order valence-electron chi connectivity index (χ0n) is 26.0. The molecule has 0 saturated carbocycles. The van der Waals surface area contributed by atoms with E-state index in [-0.39, 0.29) is 5.91 Å². The van der Waals surface area contributed by atoms with Crippen LogP contribution in [0.1, 0.15) is 200 Å². The first-order valence-corrected chi connectivity index (χ1v) is 17.4. The molecule has 2 N–H and O–H groups in total. The lowest BCUT2D eigenvalue weighted by Crippen LogP contribution is -2.09. The standard InChI is InChI=1S/C36H69NO/c1-2-3-4-5-6-7-8-9-10-11-12-13-14-15-16-17-18-19-20-21-22-23-24-25-26-27-28-29-30-31-32-33-34-35-36(37)38/h9-10,27-28H,2-8,11-26,29-35H2,1H3,(H2,37,38). The summed E-state index contributed by atoms with van der Waals surface area (Å²) in [5, 5.41) is 0. The fourth-order valence-corrected chi connectivity index (χ4v) is 5.25. The van der Waals surface area contributed by atoms with Gasteiger partial charge in [0.15, 0.2) is 0 Å². The zero-order chi connectivity index (χ0) is 27.6. The first kappa shape index (κ1) is 37.0. The summed E-state index contributed by atoms with van der Waals surface area (Å²) in [5.74, 6) is -0.160. The maximum absolute atomic E-state index is 10.7. The molecule has 0 fully saturated rings. The summed E-state index contributed by atoms with van der Waals surface area (Å²) in [6.07, 6.45) is 49.7. The lowest BCUT2D eigenvalue weighted by molar-refractivity contribution is -0.118. The molecule has 0 aromatic heterocycles. The van der Waals surface area contributed by atoms with Crippen LogP contribution in [0.5, 0.6) is 0 Å². The van der Waals surface area contributed by atoms with Gasteiger partial charge in [-0.25, -0.2) is 0 Å². The van der Waals surface area contributed by atoms with Crippen molar-refractivity contribution in [2.45, 2.75) is 200 Å². The molecule has 0 heterocycles. The molecule has 0 spiro atoms. The zero-order valence-corrected chi connectivity index (χ0v) is 26.0. The normalized spacial score (nSPS) is 11.8. The molecule has 2 heteroatoms. The van der Waals surface area contributed by atoms with E-state index in [1.165, 1.54) is 173 Å². The molecule has 0 saturated heterocycles. The third-order valence-electron chi connectivity index (χ3n) is 7.84. The molecule has 2 nitrogen and oxygen atoms in total. The number of primary amides is 1. The van der Waals surface area contributed by atoms with Crippen LogP contribution < -0.4 is 5.73 Å². The highest BCUT2D eigenvalue weighted by Crippen LogP contribution is 2.14. The van der Waals surface area contributed by atoms with Gasteiger partial charge in [-0.05, 0) is 57.8 Å². The molecule has 38 heavy (non-hydrogen) atoms. The molecule has 0 aliphatic heterocycles. The SMILES string of the molecule is CCCCCCCCC=CCCCCCCCCCCCCCCCCC=CCCCCCCCC(N)=O. The molecule has 0 unspecified atom stereocenters. The second-order valence-corrected chi connectivity index (χ2v) is 11.8. The summed E-state index contributed by atoms with van der Waals surface area (Å²) in [6.45, 7) is 2.29. The minimum atomic E-state index is -0.160. The van der Waals surface area contributed by atoms with Crippen molar-refractivity contribution < 1.29 is 4.79 Å². The smallest absolute Gasteiger partial charge is 0.217 e. The number of hydrogen-bond acceptors (Lipinski definition) is 1. The summed E-state index contributed by atoms with van der Waals surface area (Å²) >= 11 is 0. The maximum Gasteiger partial charge on any atom is 0.217 e. The molecule has 0 aromatic rings. The van der Waals surface area contributed by atoms with Crippen LogP contribution in [-0.4, -0.2) is 5.91 Å². The van der Waals surface area contributed by atoms with Gasteiger partial charge in [0.1, 0.15) is 0 Å². The predicted molar refractivity (Wildman–Crippen MR) is 172 cm³/mol. The van der Waals surface area contributed by atoms with E-state index in [9.17, 15) is 4.79 Å². The number of carbonyl (C=O) groups is 1. The van der Waals surface area contributed by atoms with Crippen LogP contribution in [0, 0.1) is 0 Å². The van der Waals surface area contributed by atoms with Gasteiger partial charge < -0.3 is 5.73 Å². The summed E-state index contributed by atoms with van der Waals surface area (Å²) < 4.78 is 0. The fourth-order valence-electron chi connectivity index (χ4n) is 5.25. The summed E-state index contributed by atoms with van der Waals surface area (Å²) in [6, 6.07) is 0. The molecule has 224 valence electrons. The van der Waals surface area contributed by atoms with Crippen LogP contribution in [0.2, 0.25) is 0 Å². The number of allylic oxidation sites excluding steroid dienone is 4. The second-order valence-electron chi connectivity index (χ2n) is 11.8. The Morgan fingerprint density at radius 2 is 0.632 bits per heavy atom. The van der Waals surface area contributed by atoms with Crippen molar-refractivity contribution in [1.29, 1.82) is 0 Å². The van der Waals surface area contributed by atoms with E-state index in [0.29, 0.717) is 6.42 Å². The minimum absolute atomic E-state index is 0.160. The molecule has 0 atom stereocenters. The van der Waals surface area contributed by atoms with Gasteiger partial charge in [-0.15, -0.1) is 0 Å². The van der Waals surface area contributed by atoms with Crippen molar-refractivity contribution in [1.82, 2.24) is 0 Å². The van der Waals surface area contributed by atoms with Gasteiger partial charge in [0.05, 0.1) is 0 Å². The van der Waals surface area contributed by atoms with E-state index in [4.69, 9.17) is 5.73 Å². The van der Waals surface area contributed by atoms with Crippen LogP contribution in [0.4, 0.5) is 0 Å². The van der Waals surface area contributed by atoms with E-state index in [1.807, 2.05) is 0 Å². The fraction of sp³-hybridized carbons (Fsp3) is 0.861. The Balaban J connectivity index is 3.12. The van der Waals surface area contributed by atoms with Crippen LogP contribution in [0.15, 0.2) is 24.3 Å². The average Bonchev–Trinajstić information content (AvgIpc) is 2.91. The minimum Gasteiger partial charge on any atom is -0.370 e. The third-order valence-corrected chi connectivity index (χ3v) is 7.84. The first-order valence-electron chi connectivity index (χ1n) is 17.4. The molecule has 0 aliphatic rings. The Bertz CT molecular complexity index is 509. The quantitative estimate of drug-likeness (QED) is 0.0680. The van der Waals surface area contributed by atoms with Gasteiger partial charge in [-0.3, -0.25) is 4.79 Å². The Hall–Kier alpha value is -1.05. The highest BCUT2D eigenvalue weighted by molar-refractivity contribution is 5.73. The van der Waals surface area contributed by atoms with Crippen LogP contribution in [0.3, 0.4) is 0 Å². The van der Waals surface area contributed by atoms with E-state index in [0.717, 1.165) is 12.8 Å². The summed E-state index contributed by atoms with van der Waals surface area (Å²) in [5.41, 5.74) is 5.16. The van der Waals surface area contributed by atoms with Gasteiger partial charge in [0.2, 0.25) is 5.91 Å². The maximum atomic E-state index is 10.7. The molecule has 0 aromatic carbocycles. The molecular weight excluding hydrogens is 462 g/mol. The topological polar surface area (TPSA) is 43.1 Å². The summed E-state index contributed by atoms with van der Waals surface area (Å²) in [4.78, 5) is 10.7. The highest BCUT2D eigenvalue weighted by atomic mass is 16.1. The lowest BCUT2D eigenvalue weighted by Gasteiger charge is -2.03. The molecule has 0 bridgehead atoms. The predicted octanol–water partition coefficient (Wildman–Crippen LogP) is 12.3. The lowest BCUT2D eigenvalue weighted by atomic mass is 10.0. The Morgan fingerprint density at radius 1 is 0.395 bits per heavy atom. The first-order chi connectivity index (χ1) is 18.8. The monoisotopic (exact) mass is 532 g/mol. The van der Waals surface area contributed by atoms with Gasteiger partial charge >= 0.3 is 0 Å². The third kappa shape index (κ3) is 35.0. The van der Waals surface area contributed by atoms with Gasteiger partial charge in [-0.1, -0.05) is 160 Å². The van der Waals surface area contributed by atoms with Gasteiger partial charge in [0.25, 0.3) is 0 Å². The summed E-state index contributed by atoms with van der Waals surface area (Å²) in [7, 11) is 0. The van der Waals surface area contributed by atoms with Crippen molar-refractivity contribution in [3.05, 3.63) is 24.3 Å². The van der Waals surface area contributed by atoms with Crippen molar-refractivity contribution >= 4 is 5.91 Å². The largest absolute Gasteiger partial charge is 0.370 e. The van der Waals surface area contributed by atoms with Crippen molar-refractivity contribution in [2.75, 3.05) is 0 Å². The molecule has 0 aliphatic carbocycles. The molecular formula is C36H69NO. The van der Waals surface area contributed by atoms with Gasteiger partial charge in [-0.2, -0.15) is 0 Å². The van der Waals surface area contributed by atoms with Crippen molar-refractivity contribution in [3.8, 4) is 0 Å². The Kier molecular flexibility index (Phi) is 33.0. The highest BCUT2D eigenvalue weighted by Gasteiger charge is 1.96. The Labute approximate surface area is 240 Å². The Morgan fingerprint density at radius 3 is 0.895 bits per heavy atom. The van der Waals surface area contributed by atoms with Crippen LogP contribution in [-0.2, 0) is 4.79 Å². The number of nitrogens with two attached hydrogens (primary N) is 1.